The first-order valence-electron chi connectivity index (χ1n) is 6.64. The SMILES string of the molecule is Cn1cccc1/C=N\NC(=O)CSc1nc2ccccc2s1. The fraction of sp³-hybridized carbons (Fsp3) is 0.133. The Morgan fingerprint density at radius 2 is 2.27 bits per heavy atom. The molecule has 0 fully saturated rings. The molecule has 1 amide bonds. The zero-order valence-corrected chi connectivity index (χ0v) is 13.5. The summed E-state index contributed by atoms with van der Waals surface area (Å²) in [6.07, 6.45) is 3.55. The Morgan fingerprint density at radius 3 is 3.05 bits per heavy atom. The van der Waals surface area contributed by atoms with Crippen LogP contribution in [0, 0.1) is 0 Å². The van der Waals surface area contributed by atoms with Gasteiger partial charge in [0, 0.05) is 13.2 Å². The number of thiazole rings is 1. The molecule has 2 heterocycles. The molecule has 0 saturated carbocycles. The number of benzene rings is 1. The van der Waals surface area contributed by atoms with Gasteiger partial charge in [0.1, 0.15) is 0 Å². The minimum absolute atomic E-state index is 0.144. The van der Waals surface area contributed by atoms with Crippen LogP contribution >= 0.6 is 23.1 Å². The second-order valence-electron chi connectivity index (χ2n) is 4.57. The molecule has 0 aliphatic carbocycles. The molecular formula is C15H14N4OS2. The number of rotatable bonds is 5. The van der Waals surface area contributed by atoms with Crippen molar-refractivity contribution in [2.45, 2.75) is 4.34 Å². The monoisotopic (exact) mass is 330 g/mol. The lowest BCUT2D eigenvalue weighted by Gasteiger charge is -1.98. The number of aromatic nitrogens is 2. The number of carbonyl (C=O) groups excluding carboxylic acids is 1. The van der Waals surface area contributed by atoms with Gasteiger partial charge in [-0.1, -0.05) is 23.9 Å². The summed E-state index contributed by atoms with van der Waals surface area (Å²) >= 11 is 3.01. The molecule has 1 aromatic carbocycles. The predicted molar refractivity (Wildman–Crippen MR) is 91.5 cm³/mol. The van der Waals surface area contributed by atoms with Crippen molar-refractivity contribution in [3.8, 4) is 0 Å². The third-order valence-corrected chi connectivity index (χ3v) is 5.15. The van der Waals surface area contributed by atoms with Gasteiger partial charge in [0.2, 0.25) is 0 Å². The summed E-state index contributed by atoms with van der Waals surface area (Å²) in [5.41, 5.74) is 4.42. The van der Waals surface area contributed by atoms with Gasteiger partial charge in [-0.2, -0.15) is 5.10 Å². The van der Waals surface area contributed by atoms with Gasteiger partial charge < -0.3 is 4.57 Å². The molecule has 2 aromatic heterocycles. The number of hydrazone groups is 1. The van der Waals surface area contributed by atoms with Crippen molar-refractivity contribution >= 4 is 45.4 Å². The predicted octanol–water partition coefficient (Wildman–Crippen LogP) is 2.88. The maximum absolute atomic E-state index is 11.8. The molecule has 0 unspecified atom stereocenters. The molecule has 0 saturated heterocycles. The third kappa shape index (κ3) is 3.55. The van der Waals surface area contributed by atoms with Crippen LogP contribution in [0.5, 0.6) is 0 Å². The van der Waals surface area contributed by atoms with Crippen LogP contribution < -0.4 is 5.43 Å². The molecule has 5 nitrogen and oxygen atoms in total. The van der Waals surface area contributed by atoms with Crippen LogP contribution in [-0.4, -0.2) is 27.4 Å². The number of para-hydroxylation sites is 1. The lowest BCUT2D eigenvalue weighted by atomic mass is 10.3. The number of nitrogens with one attached hydrogen (secondary N) is 1. The standard InChI is InChI=1S/C15H14N4OS2/c1-19-8-4-5-11(19)9-16-18-14(20)10-21-15-17-12-6-2-3-7-13(12)22-15/h2-9H,10H2,1H3,(H,18,20)/b16-9-. The second kappa shape index (κ2) is 6.76. The Morgan fingerprint density at radius 1 is 1.41 bits per heavy atom. The van der Waals surface area contributed by atoms with Crippen molar-refractivity contribution in [3.05, 3.63) is 48.3 Å². The quantitative estimate of drug-likeness (QED) is 0.444. The highest BCUT2D eigenvalue weighted by Gasteiger charge is 2.06. The van der Waals surface area contributed by atoms with Crippen LogP contribution in [0.15, 0.2) is 52.0 Å². The summed E-state index contributed by atoms with van der Waals surface area (Å²) in [5, 5.41) is 3.95. The van der Waals surface area contributed by atoms with E-state index in [1.165, 1.54) is 11.8 Å². The van der Waals surface area contributed by atoms with Gasteiger partial charge >= 0.3 is 0 Å². The van der Waals surface area contributed by atoms with Crippen LogP contribution in [0.3, 0.4) is 0 Å². The maximum Gasteiger partial charge on any atom is 0.250 e. The highest BCUT2D eigenvalue weighted by Crippen LogP contribution is 2.28. The Bertz CT molecular complexity index is 789. The highest BCUT2D eigenvalue weighted by atomic mass is 32.2. The van der Waals surface area contributed by atoms with Crippen molar-refractivity contribution in [2.75, 3.05) is 5.75 Å². The number of nitrogens with zero attached hydrogens (tertiary/aromatic N) is 3. The zero-order valence-electron chi connectivity index (χ0n) is 11.9. The fourth-order valence-corrected chi connectivity index (χ4v) is 3.71. The molecular weight excluding hydrogens is 316 g/mol. The largest absolute Gasteiger partial charge is 0.350 e. The third-order valence-electron chi connectivity index (χ3n) is 2.97. The van der Waals surface area contributed by atoms with Crippen LogP contribution in [0.2, 0.25) is 0 Å². The number of carbonyl (C=O) groups is 1. The molecule has 112 valence electrons. The van der Waals surface area contributed by atoms with Crippen molar-refractivity contribution in [2.24, 2.45) is 12.1 Å². The molecule has 7 heteroatoms. The molecule has 0 aliphatic heterocycles. The fourth-order valence-electron chi connectivity index (χ4n) is 1.85. The first-order chi connectivity index (χ1) is 10.7. The molecule has 22 heavy (non-hydrogen) atoms. The van der Waals surface area contributed by atoms with E-state index >= 15 is 0 Å². The number of aryl methyl sites for hydroxylation is 1. The summed E-state index contributed by atoms with van der Waals surface area (Å²) in [7, 11) is 1.92. The van der Waals surface area contributed by atoms with Crippen molar-refractivity contribution < 1.29 is 4.79 Å². The first kappa shape index (κ1) is 14.8. The first-order valence-corrected chi connectivity index (χ1v) is 8.44. The van der Waals surface area contributed by atoms with Crippen molar-refractivity contribution in [3.63, 3.8) is 0 Å². The van der Waals surface area contributed by atoms with Crippen LogP contribution in [0.25, 0.3) is 10.2 Å². The normalized spacial score (nSPS) is 11.3. The van der Waals surface area contributed by atoms with Gasteiger partial charge in [0.15, 0.2) is 4.34 Å². The van der Waals surface area contributed by atoms with E-state index in [1.807, 2.05) is 54.2 Å². The van der Waals surface area contributed by atoms with Crippen LogP contribution in [0.1, 0.15) is 5.69 Å². The molecule has 1 N–H and O–H groups in total. The highest BCUT2D eigenvalue weighted by molar-refractivity contribution is 8.01. The van der Waals surface area contributed by atoms with Crippen molar-refractivity contribution in [1.29, 1.82) is 0 Å². The van der Waals surface area contributed by atoms with Crippen LogP contribution in [0.4, 0.5) is 0 Å². The number of hydrogen-bond donors (Lipinski definition) is 1. The van der Waals surface area contributed by atoms with Gasteiger partial charge in [-0.25, -0.2) is 10.4 Å². The van der Waals surface area contributed by atoms with E-state index in [2.05, 4.69) is 15.5 Å². The molecule has 0 aliphatic rings. The van der Waals surface area contributed by atoms with E-state index in [4.69, 9.17) is 0 Å². The minimum Gasteiger partial charge on any atom is -0.350 e. The van der Waals surface area contributed by atoms with Gasteiger partial charge in [0.05, 0.1) is 27.9 Å². The van der Waals surface area contributed by atoms with E-state index in [1.54, 1.807) is 17.6 Å². The lowest BCUT2D eigenvalue weighted by Crippen LogP contribution is -2.19. The second-order valence-corrected chi connectivity index (χ2v) is 6.83. The topological polar surface area (TPSA) is 59.3 Å². The number of hydrogen-bond acceptors (Lipinski definition) is 5. The molecule has 0 bridgehead atoms. The van der Waals surface area contributed by atoms with Gasteiger partial charge in [0.25, 0.3) is 5.91 Å². The number of fused-ring (bicyclic) bond motifs is 1. The maximum atomic E-state index is 11.8. The Kier molecular flexibility index (Phi) is 4.55. The van der Waals surface area contributed by atoms with Gasteiger partial charge in [-0.15, -0.1) is 11.3 Å². The Hall–Kier alpha value is -2.12. The molecule has 0 spiro atoms. The summed E-state index contributed by atoms with van der Waals surface area (Å²) in [5.74, 6) is 0.152. The van der Waals surface area contributed by atoms with E-state index in [9.17, 15) is 4.79 Å². The summed E-state index contributed by atoms with van der Waals surface area (Å²) in [4.78, 5) is 16.2. The van der Waals surface area contributed by atoms with Crippen molar-refractivity contribution in [1.82, 2.24) is 15.0 Å². The average Bonchev–Trinajstić information content (AvgIpc) is 3.11. The Balaban J connectivity index is 1.52. The van der Waals surface area contributed by atoms with E-state index in [0.29, 0.717) is 5.75 Å². The summed E-state index contributed by atoms with van der Waals surface area (Å²) < 4.78 is 3.95. The van der Waals surface area contributed by atoms with E-state index < -0.39 is 0 Å². The molecule has 3 rings (SSSR count). The summed E-state index contributed by atoms with van der Waals surface area (Å²) in [6.45, 7) is 0. The number of amides is 1. The molecule has 0 radical (unpaired) electrons. The minimum atomic E-state index is -0.144. The van der Waals surface area contributed by atoms with Crippen LogP contribution in [-0.2, 0) is 11.8 Å². The van der Waals surface area contributed by atoms with E-state index in [-0.39, 0.29) is 5.91 Å². The smallest absolute Gasteiger partial charge is 0.250 e. The molecule has 0 atom stereocenters. The van der Waals surface area contributed by atoms with E-state index in [0.717, 1.165) is 20.3 Å². The zero-order chi connectivity index (χ0) is 15.4. The summed E-state index contributed by atoms with van der Waals surface area (Å²) in [6, 6.07) is 11.8. The lowest BCUT2D eigenvalue weighted by molar-refractivity contribution is -0.118. The average molecular weight is 330 g/mol. The molecule has 3 aromatic rings. The number of thioether (sulfide) groups is 1. The van der Waals surface area contributed by atoms with Gasteiger partial charge in [-0.3, -0.25) is 4.79 Å². The Labute approximate surface area is 136 Å². The van der Waals surface area contributed by atoms with Gasteiger partial charge in [-0.05, 0) is 24.3 Å².